The van der Waals surface area contributed by atoms with Crippen molar-refractivity contribution in [1.29, 1.82) is 0 Å². The van der Waals surface area contributed by atoms with Crippen molar-refractivity contribution in [2.45, 2.75) is 12.8 Å². The Balaban J connectivity index is 2.30. The number of hydrogen-bond acceptors (Lipinski definition) is 1. The molecule has 2 aliphatic rings. The zero-order valence-electron chi connectivity index (χ0n) is 6.25. The van der Waals surface area contributed by atoms with Crippen molar-refractivity contribution in [3.8, 4) is 0 Å². The minimum atomic E-state index is 0.433. The topological polar surface area (TPSA) is 20.2 Å². The number of rotatable bonds is 1. The quantitative estimate of drug-likeness (QED) is 0.603. The van der Waals surface area contributed by atoms with Gasteiger partial charge in [0.2, 0.25) is 0 Å². The van der Waals surface area contributed by atoms with Crippen molar-refractivity contribution in [2.24, 2.45) is 0 Å². The fourth-order valence-corrected chi connectivity index (χ4v) is 1.44. The van der Waals surface area contributed by atoms with Gasteiger partial charge in [0.25, 0.3) is 0 Å². The molecule has 0 aromatic rings. The number of aliphatic hydroxyl groups is 1. The molecule has 56 valence electrons. The van der Waals surface area contributed by atoms with Crippen LogP contribution in [-0.2, 0) is 0 Å². The lowest BCUT2D eigenvalue weighted by Crippen LogP contribution is -1.84. The zero-order valence-corrected chi connectivity index (χ0v) is 6.25. The second kappa shape index (κ2) is 2.42. The molecule has 0 unspecified atom stereocenters. The molecule has 1 N–H and O–H groups in total. The first-order chi connectivity index (χ1) is 5.38. The van der Waals surface area contributed by atoms with Crippen molar-refractivity contribution in [3.05, 3.63) is 47.3 Å². The summed E-state index contributed by atoms with van der Waals surface area (Å²) in [4.78, 5) is 0. The largest absolute Gasteiger partial charge is 0.508 e. The van der Waals surface area contributed by atoms with E-state index in [1.807, 2.05) is 6.08 Å². The predicted molar refractivity (Wildman–Crippen MR) is 45.3 cm³/mol. The Bertz CT molecular complexity index is 290. The first-order valence-corrected chi connectivity index (χ1v) is 3.83. The third-order valence-electron chi connectivity index (χ3n) is 2.03. The molecule has 0 spiro atoms. The third-order valence-corrected chi connectivity index (χ3v) is 2.03. The highest BCUT2D eigenvalue weighted by atomic mass is 16.3. The minimum Gasteiger partial charge on any atom is -0.508 e. The van der Waals surface area contributed by atoms with Crippen LogP contribution in [0.2, 0.25) is 0 Å². The van der Waals surface area contributed by atoms with Crippen LogP contribution in [0.5, 0.6) is 0 Å². The lowest BCUT2D eigenvalue weighted by molar-refractivity contribution is 0.429. The van der Waals surface area contributed by atoms with Crippen molar-refractivity contribution in [3.63, 3.8) is 0 Å². The Kier molecular flexibility index (Phi) is 1.42. The Morgan fingerprint density at radius 2 is 2.09 bits per heavy atom. The van der Waals surface area contributed by atoms with E-state index in [1.165, 1.54) is 5.57 Å². The summed E-state index contributed by atoms with van der Waals surface area (Å²) in [5.41, 5.74) is 2.26. The summed E-state index contributed by atoms with van der Waals surface area (Å²) in [6.07, 6.45) is 11.9. The smallest absolute Gasteiger partial charge is 0.119 e. The fraction of sp³-hybridized carbons (Fsp3) is 0.200. The van der Waals surface area contributed by atoms with E-state index < -0.39 is 0 Å². The van der Waals surface area contributed by atoms with E-state index in [0.717, 1.165) is 18.4 Å². The summed E-state index contributed by atoms with van der Waals surface area (Å²) < 4.78 is 0. The molecule has 0 bridgehead atoms. The third kappa shape index (κ3) is 1.03. The van der Waals surface area contributed by atoms with Gasteiger partial charge in [-0.25, -0.2) is 0 Å². The van der Waals surface area contributed by atoms with Crippen LogP contribution in [0.4, 0.5) is 0 Å². The van der Waals surface area contributed by atoms with Gasteiger partial charge in [0.05, 0.1) is 0 Å². The van der Waals surface area contributed by atoms with Gasteiger partial charge in [0.1, 0.15) is 5.76 Å². The molecular formula is C10H10O. The van der Waals surface area contributed by atoms with Crippen molar-refractivity contribution in [2.75, 3.05) is 0 Å². The molecule has 0 aromatic carbocycles. The number of hydrogen-bond donors (Lipinski definition) is 1. The molecule has 11 heavy (non-hydrogen) atoms. The first kappa shape index (κ1) is 6.47. The lowest BCUT2D eigenvalue weighted by Gasteiger charge is -2.00. The van der Waals surface area contributed by atoms with Crippen LogP contribution in [0.15, 0.2) is 47.3 Å². The van der Waals surface area contributed by atoms with Gasteiger partial charge in [-0.05, 0) is 24.5 Å². The maximum Gasteiger partial charge on any atom is 0.119 e. The number of allylic oxidation sites excluding steroid dienone is 7. The Morgan fingerprint density at radius 1 is 1.18 bits per heavy atom. The first-order valence-electron chi connectivity index (χ1n) is 3.83. The summed E-state index contributed by atoms with van der Waals surface area (Å²) in [5.74, 6) is 0.433. The van der Waals surface area contributed by atoms with E-state index >= 15 is 0 Å². The molecule has 0 heterocycles. The van der Waals surface area contributed by atoms with Gasteiger partial charge in [-0.3, -0.25) is 0 Å². The molecule has 2 rings (SSSR count). The van der Waals surface area contributed by atoms with Gasteiger partial charge in [-0.1, -0.05) is 24.3 Å². The maximum atomic E-state index is 9.37. The Labute approximate surface area is 66.0 Å². The molecule has 1 nitrogen and oxygen atoms in total. The van der Waals surface area contributed by atoms with Crippen LogP contribution in [0, 0.1) is 0 Å². The molecule has 1 heteroatoms. The summed E-state index contributed by atoms with van der Waals surface area (Å²) in [6.45, 7) is 0. The van der Waals surface area contributed by atoms with Crippen molar-refractivity contribution in [1.82, 2.24) is 0 Å². The van der Waals surface area contributed by atoms with Crippen LogP contribution in [-0.4, -0.2) is 5.11 Å². The summed E-state index contributed by atoms with van der Waals surface area (Å²) in [7, 11) is 0. The minimum absolute atomic E-state index is 0.433. The van der Waals surface area contributed by atoms with Crippen molar-refractivity contribution >= 4 is 0 Å². The molecule has 2 aliphatic carbocycles. The van der Waals surface area contributed by atoms with Gasteiger partial charge >= 0.3 is 0 Å². The average molecular weight is 146 g/mol. The Morgan fingerprint density at radius 3 is 2.64 bits per heavy atom. The van der Waals surface area contributed by atoms with Gasteiger partial charge in [-0.15, -0.1) is 0 Å². The second-order valence-corrected chi connectivity index (χ2v) is 2.77. The zero-order chi connectivity index (χ0) is 7.68. The fourth-order valence-electron chi connectivity index (χ4n) is 1.44. The molecule has 0 aliphatic heterocycles. The highest BCUT2D eigenvalue weighted by molar-refractivity contribution is 5.50. The highest BCUT2D eigenvalue weighted by Crippen LogP contribution is 2.27. The maximum absolute atomic E-state index is 9.37. The van der Waals surface area contributed by atoms with Gasteiger partial charge in [-0.2, -0.15) is 0 Å². The lowest BCUT2D eigenvalue weighted by atomic mass is 10.1. The summed E-state index contributed by atoms with van der Waals surface area (Å²) >= 11 is 0. The normalized spacial score (nSPS) is 21.6. The van der Waals surface area contributed by atoms with Crippen LogP contribution >= 0.6 is 0 Å². The molecule has 0 fully saturated rings. The number of aliphatic hydroxyl groups excluding tert-OH is 1. The molecular weight excluding hydrogens is 136 g/mol. The highest BCUT2D eigenvalue weighted by Gasteiger charge is 2.11. The molecule has 0 saturated heterocycles. The van der Waals surface area contributed by atoms with Gasteiger partial charge in [0.15, 0.2) is 0 Å². The monoisotopic (exact) mass is 146 g/mol. The average Bonchev–Trinajstić information content (AvgIpc) is 2.55. The SMILES string of the molecule is OC1=C(C2=CCC=C2)CC=C1. The van der Waals surface area contributed by atoms with E-state index in [2.05, 4.69) is 18.2 Å². The van der Waals surface area contributed by atoms with Crippen molar-refractivity contribution < 1.29 is 5.11 Å². The van der Waals surface area contributed by atoms with Crippen LogP contribution in [0.25, 0.3) is 0 Å². The molecule has 0 saturated carbocycles. The molecule has 0 radical (unpaired) electrons. The Hall–Kier alpha value is -1.24. The second-order valence-electron chi connectivity index (χ2n) is 2.77. The van der Waals surface area contributed by atoms with E-state index in [9.17, 15) is 5.11 Å². The van der Waals surface area contributed by atoms with E-state index in [4.69, 9.17) is 0 Å². The summed E-state index contributed by atoms with van der Waals surface area (Å²) in [6, 6.07) is 0. The van der Waals surface area contributed by atoms with Gasteiger partial charge in [0, 0.05) is 5.57 Å². The molecule has 0 atom stereocenters. The molecule has 0 aromatic heterocycles. The van der Waals surface area contributed by atoms with Crippen LogP contribution in [0.1, 0.15) is 12.8 Å². The van der Waals surface area contributed by atoms with Gasteiger partial charge < -0.3 is 5.11 Å². The standard InChI is InChI=1S/C10H10O/c11-10-7-3-6-9(10)8-4-1-2-5-8/h1,3-5,7,11H,2,6H2. The van der Waals surface area contributed by atoms with E-state index in [1.54, 1.807) is 6.08 Å². The summed E-state index contributed by atoms with van der Waals surface area (Å²) in [5, 5.41) is 9.37. The van der Waals surface area contributed by atoms with E-state index in [0.29, 0.717) is 5.76 Å². The van der Waals surface area contributed by atoms with E-state index in [-0.39, 0.29) is 0 Å². The van der Waals surface area contributed by atoms with Crippen LogP contribution in [0.3, 0.4) is 0 Å². The van der Waals surface area contributed by atoms with Crippen LogP contribution < -0.4 is 0 Å². The predicted octanol–water partition coefficient (Wildman–Crippen LogP) is 2.64. The molecule has 0 amide bonds.